The molecule has 7 heteroatoms. The number of ether oxygens (including phenoxy) is 2. The van der Waals surface area contributed by atoms with Crippen LogP contribution < -0.4 is 20.7 Å². The fourth-order valence-corrected chi connectivity index (χ4v) is 1.96. The highest BCUT2D eigenvalue weighted by molar-refractivity contribution is 5.44. The number of hydrogen-bond donors (Lipinski definition) is 2. The summed E-state index contributed by atoms with van der Waals surface area (Å²) in [6, 6.07) is 5.25. The van der Waals surface area contributed by atoms with Crippen LogP contribution in [0, 0.1) is 0 Å². The quantitative estimate of drug-likeness (QED) is 0.599. The number of methoxy groups -OCH3 is 2. The average Bonchev–Trinajstić information content (AvgIpc) is 2.86. The van der Waals surface area contributed by atoms with E-state index in [1.807, 2.05) is 18.2 Å². The summed E-state index contributed by atoms with van der Waals surface area (Å²) in [6.45, 7) is 0. The number of nitrogens with one attached hydrogen (secondary N) is 1. The second-order valence-corrected chi connectivity index (χ2v) is 3.99. The Morgan fingerprint density at radius 2 is 2.11 bits per heavy atom. The van der Waals surface area contributed by atoms with Gasteiger partial charge in [-0.15, -0.1) is 5.10 Å². The summed E-state index contributed by atoms with van der Waals surface area (Å²) in [5, 5.41) is 7.77. The molecule has 0 fully saturated rings. The van der Waals surface area contributed by atoms with Crippen molar-refractivity contribution in [3.05, 3.63) is 35.7 Å². The summed E-state index contributed by atoms with van der Waals surface area (Å²) >= 11 is 0. The largest absolute Gasteiger partial charge is 0.497 e. The summed E-state index contributed by atoms with van der Waals surface area (Å²) in [5.41, 5.74) is 4.44. The number of nitrogens with two attached hydrogens (primary N) is 1. The summed E-state index contributed by atoms with van der Waals surface area (Å²) in [5.74, 6) is 7.11. The van der Waals surface area contributed by atoms with Gasteiger partial charge in [-0.25, -0.2) is 5.43 Å². The van der Waals surface area contributed by atoms with E-state index in [-0.39, 0.29) is 6.04 Å². The van der Waals surface area contributed by atoms with Crippen molar-refractivity contribution >= 4 is 0 Å². The Kier molecular flexibility index (Phi) is 3.98. The predicted octanol–water partition coefficient (Wildman–Crippen LogP) is 0.385. The minimum atomic E-state index is -0.287. The molecule has 0 saturated heterocycles. The van der Waals surface area contributed by atoms with Gasteiger partial charge in [0, 0.05) is 12.6 Å². The molecule has 1 aromatic heterocycles. The van der Waals surface area contributed by atoms with E-state index < -0.39 is 0 Å². The van der Waals surface area contributed by atoms with E-state index in [9.17, 15) is 0 Å². The van der Waals surface area contributed by atoms with Gasteiger partial charge in [-0.1, -0.05) is 5.21 Å². The third-order valence-electron chi connectivity index (χ3n) is 2.96. The van der Waals surface area contributed by atoms with Crippen molar-refractivity contribution in [1.82, 2.24) is 20.4 Å². The van der Waals surface area contributed by atoms with Crippen molar-refractivity contribution < 1.29 is 9.47 Å². The maximum Gasteiger partial charge on any atom is 0.124 e. The highest BCUT2D eigenvalue weighted by atomic mass is 16.5. The van der Waals surface area contributed by atoms with E-state index in [0.717, 1.165) is 17.0 Å². The topological polar surface area (TPSA) is 87.2 Å². The second-order valence-electron chi connectivity index (χ2n) is 3.99. The standard InChI is InChI=1S/C12H17N5O2/c1-17-10(7-14-16-17)12(15-13)9-6-8(18-2)4-5-11(9)19-3/h4-7,12,15H,13H2,1-3H3. The number of hydrogen-bond acceptors (Lipinski definition) is 6. The smallest absolute Gasteiger partial charge is 0.124 e. The lowest BCUT2D eigenvalue weighted by molar-refractivity contribution is 0.392. The Morgan fingerprint density at radius 3 is 2.63 bits per heavy atom. The third-order valence-corrected chi connectivity index (χ3v) is 2.96. The van der Waals surface area contributed by atoms with Gasteiger partial charge < -0.3 is 9.47 Å². The van der Waals surface area contributed by atoms with Crippen molar-refractivity contribution in [3.63, 3.8) is 0 Å². The summed E-state index contributed by atoms with van der Waals surface area (Å²) in [6.07, 6.45) is 1.66. The lowest BCUT2D eigenvalue weighted by Crippen LogP contribution is -2.30. The predicted molar refractivity (Wildman–Crippen MR) is 69.7 cm³/mol. The monoisotopic (exact) mass is 263 g/mol. The summed E-state index contributed by atoms with van der Waals surface area (Å²) in [4.78, 5) is 0. The Labute approximate surface area is 111 Å². The number of aromatic nitrogens is 3. The van der Waals surface area contributed by atoms with Gasteiger partial charge in [0.25, 0.3) is 0 Å². The van der Waals surface area contributed by atoms with Gasteiger partial charge in [-0.2, -0.15) is 0 Å². The molecule has 102 valence electrons. The van der Waals surface area contributed by atoms with Crippen molar-refractivity contribution in [1.29, 1.82) is 0 Å². The first-order chi connectivity index (χ1) is 9.21. The number of rotatable bonds is 5. The maximum absolute atomic E-state index is 5.66. The molecule has 0 radical (unpaired) electrons. The zero-order chi connectivity index (χ0) is 13.8. The van der Waals surface area contributed by atoms with Gasteiger partial charge in [0.1, 0.15) is 11.5 Å². The highest BCUT2D eigenvalue weighted by Crippen LogP contribution is 2.32. The fraction of sp³-hybridized carbons (Fsp3) is 0.333. The van der Waals surface area contributed by atoms with E-state index in [0.29, 0.717) is 5.75 Å². The van der Waals surface area contributed by atoms with Crippen LogP contribution in [-0.2, 0) is 7.05 Å². The first-order valence-corrected chi connectivity index (χ1v) is 5.74. The highest BCUT2D eigenvalue weighted by Gasteiger charge is 2.21. The van der Waals surface area contributed by atoms with Crippen molar-refractivity contribution in [2.45, 2.75) is 6.04 Å². The van der Waals surface area contributed by atoms with E-state index in [2.05, 4.69) is 15.7 Å². The lowest BCUT2D eigenvalue weighted by atomic mass is 10.0. The van der Waals surface area contributed by atoms with Gasteiger partial charge in [-0.3, -0.25) is 10.5 Å². The molecular formula is C12H17N5O2. The lowest BCUT2D eigenvalue weighted by Gasteiger charge is -2.19. The Balaban J connectivity index is 2.51. The van der Waals surface area contributed by atoms with E-state index in [1.165, 1.54) is 0 Å². The molecule has 0 aliphatic rings. The second kappa shape index (κ2) is 5.68. The molecule has 1 aromatic carbocycles. The number of benzene rings is 1. The van der Waals surface area contributed by atoms with E-state index >= 15 is 0 Å². The van der Waals surface area contributed by atoms with Crippen molar-refractivity contribution in [2.75, 3.05) is 14.2 Å². The first-order valence-electron chi connectivity index (χ1n) is 5.74. The number of nitrogens with zero attached hydrogens (tertiary/aromatic N) is 3. The van der Waals surface area contributed by atoms with Gasteiger partial charge in [0.2, 0.25) is 0 Å². The minimum Gasteiger partial charge on any atom is -0.497 e. The molecule has 1 atom stereocenters. The van der Waals surface area contributed by atoms with Gasteiger partial charge in [0.15, 0.2) is 0 Å². The van der Waals surface area contributed by atoms with Crippen molar-refractivity contribution in [2.24, 2.45) is 12.9 Å². The molecule has 2 rings (SSSR count). The molecule has 7 nitrogen and oxygen atoms in total. The molecule has 0 spiro atoms. The van der Waals surface area contributed by atoms with E-state index in [1.54, 1.807) is 32.1 Å². The molecule has 0 aliphatic heterocycles. The Morgan fingerprint density at radius 1 is 1.32 bits per heavy atom. The van der Waals surface area contributed by atoms with Crippen LogP contribution >= 0.6 is 0 Å². The SMILES string of the molecule is COc1ccc(OC)c(C(NN)c2cnnn2C)c1. The van der Waals surface area contributed by atoms with Gasteiger partial charge in [-0.05, 0) is 18.2 Å². The third kappa shape index (κ3) is 2.51. The zero-order valence-electron chi connectivity index (χ0n) is 11.1. The van der Waals surface area contributed by atoms with E-state index in [4.69, 9.17) is 15.3 Å². The van der Waals surface area contributed by atoms with Gasteiger partial charge in [0.05, 0.1) is 32.2 Å². The van der Waals surface area contributed by atoms with Gasteiger partial charge >= 0.3 is 0 Å². The van der Waals surface area contributed by atoms with Crippen molar-refractivity contribution in [3.8, 4) is 11.5 Å². The Bertz CT molecular complexity index is 555. The van der Waals surface area contributed by atoms with Crippen LogP contribution in [0.4, 0.5) is 0 Å². The Hall–Kier alpha value is -2.12. The minimum absolute atomic E-state index is 0.287. The molecule has 19 heavy (non-hydrogen) atoms. The number of hydrazine groups is 1. The normalized spacial score (nSPS) is 12.2. The summed E-state index contributed by atoms with van der Waals surface area (Å²) < 4.78 is 12.3. The molecule has 0 bridgehead atoms. The molecule has 0 aliphatic carbocycles. The maximum atomic E-state index is 5.66. The molecule has 1 heterocycles. The molecule has 1 unspecified atom stereocenters. The van der Waals surface area contributed by atoms with Crippen LogP contribution in [0.5, 0.6) is 11.5 Å². The molecule has 2 aromatic rings. The first kappa shape index (κ1) is 13.3. The van der Waals surface area contributed by atoms with Crippen LogP contribution in [-0.4, -0.2) is 29.2 Å². The molecule has 0 saturated carbocycles. The van der Waals surface area contributed by atoms with Crippen LogP contribution in [0.3, 0.4) is 0 Å². The van der Waals surface area contributed by atoms with Crippen LogP contribution in [0.15, 0.2) is 24.4 Å². The zero-order valence-corrected chi connectivity index (χ0v) is 11.1. The van der Waals surface area contributed by atoms with Crippen LogP contribution in [0.2, 0.25) is 0 Å². The average molecular weight is 263 g/mol. The molecular weight excluding hydrogens is 246 g/mol. The molecule has 0 amide bonds. The molecule has 3 N–H and O–H groups in total. The fourth-order valence-electron chi connectivity index (χ4n) is 1.96. The van der Waals surface area contributed by atoms with Crippen LogP contribution in [0.1, 0.15) is 17.3 Å². The van der Waals surface area contributed by atoms with Crippen LogP contribution in [0.25, 0.3) is 0 Å². The number of aryl methyl sites for hydroxylation is 1. The summed E-state index contributed by atoms with van der Waals surface area (Å²) in [7, 11) is 5.03.